The summed E-state index contributed by atoms with van der Waals surface area (Å²) in [5.74, 6) is 0.552. The lowest BCUT2D eigenvalue weighted by atomic mass is 9.96. The van der Waals surface area contributed by atoms with Crippen molar-refractivity contribution in [2.75, 3.05) is 13.2 Å². The van der Waals surface area contributed by atoms with Gasteiger partial charge in [0.05, 0.1) is 12.0 Å². The smallest absolute Gasteiger partial charge is 0.336 e. The van der Waals surface area contributed by atoms with Crippen LogP contribution in [0.5, 0.6) is 5.75 Å². The Bertz CT molecular complexity index is 1810. The zero-order valence-corrected chi connectivity index (χ0v) is 26.9. The molecule has 2 aromatic heterocycles. The van der Waals surface area contributed by atoms with Gasteiger partial charge < -0.3 is 18.0 Å². The van der Waals surface area contributed by atoms with Crippen LogP contribution in [0.15, 0.2) is 86.4 Å². The maximum absolute atomic E-state index is 14.0. The predicted octanol–water partition coefficient (Wildman–Crippen LogP) is 9.32. The molecule has 0 N–H and O–H groups in total. The van der Waals surface area contributed by atoms with E-state index < -0.39 is 13.9 Å². The van der Waals surface area contributed by atoms with Crippen LogP contribution in [0.25, 0.3) is 33.1 Å². The topological polar surface area (TPSA) is 78.9 Å². The molecule has 5 aromatic rings. The van der Waals surface area contributed by atoms with E-state index in [0.717, 1.165) is 42.4 Å². The fourth-order valence-corrected chi connectivity index (χ4v) is 6.06. The Morgan fingerprint density at radius 3 is 2.35 bits per heavy atom. The maximum atomic E-state index is 14.0. The Balaban J connectivity index is 1.35. The molecule has 0 saturated carbocycles. The number of hydrogen-bond acceptors (Lipinski definition) is 6. The Kier molecular flexibility index (Phi) is 8.76. The van der Waals surface area contributed by atoms with Crippen molar-refractivity contribution < 1.29 is 22.8 Å². The van der Waals surface area contributed by atoms with E-state index in [1.54, 1.807) is 12.1 Å². The minimum absolute atomic E-state index is 0.191. The van der Waals surface area contributed by atoms with Gasteiger partial charge in [-0.05, 0) is 79.7 Å². The van der Waals surface area contributed by atoms with Crippen LogP contribution in [0, 0.1) is 6.92 Å². The van der Waals surface area contributed by atoms with Crippen LogP contribution >= 0.6 is 0 Å². The summed E-state index contributed by atoms with van der Waals surface area (Å²) in [6.07, 6.45) is 2.91. The summed E-state index contributed by atoms with van der Waals surface area (Å²) in [6.45, 7) is 14.5. The molecule has 5 rings (SSSR count). The van der Waals surface area contributed by atoms with Crippen LogP contribution in [-0.4, -0.2) is 27.3 Å². The van der Waals surface area contributed by atoms with Crippen molar-refractivity contribution in [1.82, 2.24) is 0 Å². The lowest BCUT2D eigenvalue weighted by Crippen LogP contribution is -2.40. The fraction of sp³-hybridized carbons (Fsp3) is 0.333. The third-order valence-electron chi connectivity index (χ3n) is 8.46. The van der Waals surface area contributed by atoms with Gasteiger partial charge in [0.1, 0.15) is 16.9 Å². The summed E-state index contributed by atoms with van der Waals surface area (Å²) in [4.78, 5) is 26.3. The number of furan rings is 1. The summed E-state index contributed by atoms with van der Waals surface area (Å²) in [5, 5.41) is 1.62. The number of ketones is 1. The van der Waals surface area contributed by atoms with Gasteiger partial charge in [0.2, 0.25) is 5.78 Å². The predicted molar refractivity (Wildman–Crippen MR) is 175 cm³/mol. The highest BCUT2D eigenvalue weighted by Gasteiger charge is 2.36. The first-order valence-corrected chi connectivity index (χ1v) is 17.8. The minimum atomic E-state index is -1.72. The highest BCUT2D eigenvalue weighted by atomic mass is 28.4. The fourth-order valence-electron chi connectivity index (χ4n) is 4.98. The van der Waals surface area contributed by atoms with Crippen molar-refractivity contribution in [3.63, 3.8) is 0 Å². The number of unbranched alkanes of at least 4 members (excludes halogenated alkanes) is 2. The van der Waals surface area contributed by atoms with Crippen LogP contribution in [0.4, 0.5) is 0 Å². The van der Waals surface area contributed by atoms with Crippen molar-refractivity contribution in [3.05, 3.63) is 100 Å². The lowest BCUT2D eigenvalue weighted by molar-refractivity contribution is 0.101. The van der Waals surface area contributed by atoms with Gasteiger partial charge in [-0.25, -0.2) is 4.79 Å². The van der Waals surface area contributed by atoms with E-state index >= 15 is 0 Å². The molecular formula is C36H40O6Si. The second kappa shape index (κ2) is 12.3. The van der Waals surface area contributed by atoms with Crippen molar-refractivity contribution in [2.45, 2.75) is 65.1 Å². The molecular weight excluding hydrogens is 556 g/mol. The van der Waals surface area contributed by atoms with E-state index in [1.807, 2.05) is 61.5 Å². The molecule has 0 fully saturated rings. The number of aryl methyl sites for hydroxylation is 1. The van der Waals surface area contributed by atoms with Crippen LogP contribution in [0.3, 0.4) is 0 Å². The molecule has 0 unspecified atom stereocenters. The Morgan fingerprint density at radius 2 is 1.60 bits per heavy atom. The van der Waals surface area contributed by atoms with Crippen molar-refractivity contribution in [2.24, 2.45) is 0 Å². The van der Waals surface area contributed by atoms with Gasteiger partial charge in [0.25, 0.3) is 0 Å². The molecule has 3 aromatic carbocycles. The molecule has 0 atom stereocenters. The third-order valence-corrected chi connectivity index (χ3v) is 13.0. The average Bonchev–Trinajstić information content (AvgIpc) is 3.36. The molecule has 0 aliphatic rings. The number of rotatable bonds is 11. The van der Waals surface area contributed by atoms with Crippen LogP contribution in [0.1, 0.15) is 61.7 Å². The second-order valence-electron chi connectivity index (χ2n) is 12.6. The largest absolute Gasteiger partial charge is 0.494 e. The normalized spacial score (nSPS) is 12.2. The number of ether oxygens (including phenoxy) is 1. The minimum Gasteiger partial charge on any atom is -0.494 e. The van der Waals surface area contributed by atoms with Crippen molar-refractivity contribution in [3.8, 4) is 16.9 Å². The van der Waals surface area contributed by atoms with Crippen LogP contribution < -0.4 is 10.4 Å². The molecule has 0 aliphatic heterocycles. The summed E-state index contributed by atoms with van der Waals surface area (Å²) in [7, 11) is -1.72. The van der Waals surface area contributed by atoms with E-state index in [0.29, 0.717) is 40.0 Å². The zero-order chi connectivity index (χ0) is 30.8. The number of carbonyl (C=O) groups is 1. The van der Waals surface area contributed by atoms with Gasteiger partial charge in [0, 0.05) is 29.2 Å². The maximum Gasteiger partial charge on any atom is 0.336 e. The van der Waals surface area contributed by atoms with Gasteiger partial charge in [-0.3, -0.25) is 4.79 Å². The van der Waals surface area contributed by atoms with E-state index in [-0.39, 0.29) is 16.6 Å². The van der Waals surface area contributed by atoms with Gasteiger partial charge in [-0.2, -0.15) is 0 Å². The summed E-state index contributed by atoms with van der Waals surface area (Å²) in [6, 6.07) is 21.9. The Labute approximate surface area is 253 Å². The third kappa shape index (κ3) is 6.53. The van der Waals surface area contributed by atoms with E-state index in [4.69, 9.17) is 18.0 Å². The van der Waals surface area contributed by atoms with Crippen LogP contribution in [0.2, 0.25) is 18.1 Å². The van der Waals surface area contributed by atoms with E-state index in [1.165, 1.54) is 6.07 Å². The molecule has 224 valence electrons. The first kappa shape index (κ1) is 30.5. The quantitative estimate of drug-likeness (QED) is 0.0654. The molecule has 0 bridgehead atoms. The number of hydrogen-bond donors (Lipinski definition) is 0. The highest BCUT2D eigenvalue weighted by molar-refractivity contribution is 6.74. The van der Waals surface area contributed by atoms with Crippen LogP contribution in [-0.2, 0) is 4.43 Å². The number of fused-ring (bicyclic) bond motifs is 3. The summed E-state index contributed by atoms with van der Waals surface area (Å²) < 4.78 is 24.2. The monoisotopic (exact) mass is 596 g/mol. The first-order valence-electron chi connectivity index (χ1n) is 14.9. The van der Waals surface area contributed by atoms with Gasteiger partial charge >= 0.3 is 5.63 Å². The van der Waals surface area contributed by atoms with Gasteiger partial charge in [0.15, 0.2) is 14.1 Å². The average molecular weight is 597 g/mol. The SMILES string of the molecule is Cc1cc(=O)oc2c1ccc1oc(C(=O)c3cccc(OCCCCCO[Si](C)(C)C(C)(C)C)c3)c(-c3ccccc3)c12. The Hall–Kier alpha value is -3.94. The molecule has 0 saturated heterocycles. The summed E-state index contributed by atoms with van der Waals surface area (Å²) in [5.41, 5.74) is 3.10. The molecule has 7 heteroatoms. The molecule has 0 aliphatic carbocycles. The van der Waals surface area contributed by atoms with Gasteiger partial charge in [-0.15, -0.1) is 0 Å². The molecule has 43 heavy (non-hydrogen) atoms. The zero-order valence-electron chi connectivity index (χ0n) is 25.9. The molecule has 0 amide bonds. The van der Waals surface area contributed by atoms with Crippen molar-refractivity contribution >= 4 is 36.0 Å². The Morgan fingerprint density at radius 1 is 0.860 bits per heavy atom. The molecule has 2 heterocycles. The first-order chi connectivity index (χ1) is 20.5. The molecule has 0 spiro atoms. The number of carbonyl (C=O) groups excluding carboxylic acids is 1. The lowest BCUT2D eigenvalue weighted by Gasteiger charge is -2.36. The summed E-state index contributed by atoms with van der Waals surface area (Å²) >= 11 is 0. The number of benzene rings is 3. The second-order valence-corrected chi connectivity index (χ2v) is 17.4. The molecule has 0 radical (unpaired) electrons. The van der Waals surface area contributed by atoms with E-state index in [2.05, 4.69) is 33.9 Å². The van der Waals surface area contributed by atoms with E-state index in [9.17, 15) is 9.59 Å². The highest BCUT2D eigenvalue weighted by Crippen LogP contribution is 2.41. The standard InChI is InChI=1S/C36H40O6Si/c1-24-22-30(37)42-34-28(24)18-19-29-32(34)31(25-14-9-7-10-15-25)35(41-29)33(38)26-16-13-17-27(23-26)39-20-11-8-12-21-40-43(5,6)36(2,3)4/h7,9-10,13-19,22-23H,8,11-12,20-21H2,1-6H3. The van der Waals surface area contributed by atoms with Crippen molar-refractivity contribution in [1.29, 1.82) is 0 Å². The molecule has 6 nitrogen and oxygen atoms in total. The van der Waals surface area contributed by atoms with Gasteiger partial charge in [-0.1, -0.05) is 63.2 Å².